The minimum atomic E-state index is 0.0801. The predicted octanol–water partition coefficient (Wildman–Crippen LogP) is 2.41. The zero-order valence-corrected chi connectivity index (χ0v) is 18.6. The average Bonchev–Trinajstić information content (AvgIpc) is 3.48. The van der Waals surface area contributed by atoms with E-state index in [2.05, 4.69) is 15.9 Å². The number of rotatable bonds is 3. The van der Waals surface area contributed by atoms with Crippen LogP contribution >= 0.6 is 11.3 Å². The smallest absolute Gasteiger partial charge is 0.264 e. The average molecular weight is 432 g/mol. The maximum atomic E-state index is 13.2. The standard InChI is InChI=1S/C23H33N3O3S/c27-22(25-9-7-24(8-10-25)19-3-1-2-4-19)17-5-6-20-18(15-17)16-21(30-20)23(28)26-11-13-29-14-12-26/h16-17,19H,1-15H2. The molecule has 0 N–H and O–H groups in total. The summed E-state index contributed by atoms with van der Waals surface area (Å²) in [6, 6.07) is 2.82. The van der Waals surface area contributed by atoms with Gasteiger partial charge in [-0.25, -0.2) is 0 Å². The van der Waals surface area contributed by atoms with Gasteiger partial charge in [-0.2, -0.15) is 0 Å². The lowest BCUT2D eigenvalue weighted by Gasteiger charge is -2.39. The molecule has 5 rings (SSSR count). The van der Waals surface area contributed by atoms with E-state index in [1.165, 1.54) is 36.1 Å². The molecule has 0 aromatic carbocycles. The first kappa shape index (κ1) is 20.5. The molecule has 1 saturated carbocycles. The van der Waals surface area contributed by atoms with E-state index in [0.717, 1.165) is 56.4 Å². The van der Waals surface area contributed by atoms with Crippen molar-refractivity contribution in [2.75, 3.05) is 52.5 Å². The van der Waals surface area contributed by atoms with E-state index in [4.69, 9.17) is 4.74 Å². The fraction of sp³-hybridized carbons (Fsp3) is 0.739. The van der Waals surface area contributed by atoms with Gasteiger partial charge in [0, 0.05) is 56.1 Å². The lowest BCUT2D eigenvalue weighted by atomic mass is 9.87. The maximum absolute atomic E-state index is 13.2. The van der Waals surface area contributed by atoms with Crippen LogP contribution in [0.3, 0.4) is 0 Å². The Morgan fingerprint density at radius 2 is 1.67 bits per heavy atom. The highest BCUT2D eigenvalue weighted by atomic mass is 32.1. The van der Waals surface area contributed by atoms with Crippen LogP contribution < -0.4 is 0 Å². The zero-order chi connectivity index (χ0) is 20.5. The highest BCUT2D eigenvalue weighted by Gasteiger charge is 2.33. The molecule has 4 aliphatic rings. The van der Waals surface area contributed by atoms with Crippen LogP contribution in [0.2, 0.25) is 0 Å². The molecule has 1 atom stereocenters. The summed E-state index contributed by atoms with van der Waals surface area (Å²) in [4.78, 5) is 34.8. The van der Waals surface area contributed by atoms with Crippen LogP contribution in [-0.2, 0) is 22.4 Å². The van der Waals surface area contributed by atoms with Gasteiger partial charge in [-0.15, -0.1) is 11.3 Å². The number of morpholine rings is 1. The zero-order valence-electron chi connectivity index (χ0n) is 17.8. The molecule has 0 radical (unpaired) electrons. The van der Waals surface area contributed by atoms with Gasteiger partial charge in [0.05, 0.1) is 18.1 Å². The molecule has 1 aromatic rings. The fourth-order valence-corrected chi connectivity index (χ4v) is 6.77. The fourth-order valence-electron chi connectivity index (χ4n) is 5.60. The minimum absolute atomic E-state index is 0.0801. The molecular weight excluding hydrogens is 398 g/mol. The van der Waals surface area contributed by atoms with Gasteiger partial charge in [-0.1, -0.05) is 12.8 Å². The second kappa shape index (κ2) is 8.97. The maximum Gasteiger partial charge on any atom is 0.264 e. The van der Waals surface area contributed by atoms with Gasteiger partial charge in [-0.05, 0) is 43.7 Å². The molecule has 2 aliphatic heterocycles. The predicted molar refractivity (Wildman–Crippen MR) is 117 cm³/mol. The molecule has 0 spiro atoms. The molecule has 3 fully saturated rings. The summed E-state index contributed by atoms with van der Waals surface area (Å²) >= 11 is 1.64. The molecule has 164 valence electrons. The van der Waals surface area contributed by atoms with E-state index in [-0.39, 0.29) is 11.8 Å². The Morgan fingerprint density at radius 1 is 0.933 bits per heavy atom. The van der Waals surface area contributed by atoms with Gasteiger partial charge < -0.3 is 14.5 Å². The number of thiophene rings is 1. The normalized spacial score (nSPS) is 26.1. The lowest BCUT2D eigenvalue weighted by molar-refractivity contribution is -0.138. The van der Waals surface area contributed by atoms with E-state index < -0.39 is 0 Å². The molecule has 30 heavy (non-hydrogen) atoms. The van der Waals surface area contributed by atoms with Crippen LogP contribution in [0.5, 0.6) is 0 Å². The first-order chi connectivity index (χ1) is 14.7. The largest absolute Gasteiger partial charge is 0.378 e. The second-order valence-electron chi connectivity index (χ2n) is 9.20. The van der Waals surface area contributed by atoms with E-state index in [9.17, 15) is 9.59 Å². The van der Waals surface area contributed by atoms with Crippen molar-refractivity contribution in [1.29, 1.82) is 0 Å². The van der Waals surface area contributed by atoms with Crippen LogP contribution in [0, 0.1) is 5.92 Å². The summed E-state index contributed by atoms with van der Waals surface area (Å²) in [6.07, 6.45) is 8.04. The van der Waals surface area contributed by atoms with Gasteiger partial charge in [0.2, 0.25) is 5.91 Å². The number of amides is 2. The van der Waals surface area contributed by atoms with Gasteiger partial charge >= 0.3 is 0 Å². The third-order valence-corrected chi connectivity index (χ3v) is 8.63. The van der Waals surface area contributed by atoms with Crippen LogP contribution in [0.1, 0.15) is 52.2 Å². The number of fused-ring (bicyclic) bond motifs is 1. The SMILES string of the molecule is O=C(c1cc2c(s1)CCC(C(=O)N1CCN(C3CCCC3)CC1)C2)N1CCOCC1. The van der Waals surface area contributed by atoms with Crippen molar-refractivity contribution in [2.24, 2.45) is 5.92 Å². The second-order valence-corrected chi connectivity index (χ2v) is 10.3. The van der Waals surface area contributed by atoms with E-state index >= 15 is 0 Å². The summed E-state index contributed by atoms with van der Waals surface area (Å²) in [5.74, 6) is 0.541. The Bertz CT molecular complexity index is 775. The number of carbonyl (C=O) groups is 2. The molecule has 0 bridgehead atoms. The van der Waals surface area contributed by atoms with Crippen molar-refractivity contribution < 1.29 is 14.3 Å². The molecule has 1 aromatic heterocycles. The van der Waals surface area contributed by atoms with Crippen molar-refractivity contribution in [2.45, 2.75) is 51.0 Å². The number of ether oxygens (including phenoxy) is 1. The number of carbonyl (C=O) groups excluding carboxylic acids is 2. The molecule has 2 saturated heterocycles. The Labute approximate surface area is 183 Å². The number of aryl methyl sites for hydroxylation is 1. The van der Waals surface area contributed by atoms with Crippen LogP contribution in [0.4, 0.5) is 0 Å². The first-order valence-electron chi connectivity index (χ1n) is 11.7. The van der Waals surface area contributed by atoms with Crippen molar-refractivity contribution in [3.8, 4) is 0 Å². The lowest BCUT2D eigenvalue weighted by Crippen LogP contribution is -2.53. The quantitative estimate of drug-likeness (QED) is 0.738. The Kier molecular flexibility index (Phi) is 6.12. The van der Waals surface area contributed by atoms with Crippen LogP contribution in [0.25, 0.3) is 0 Å². The monoisotopic (exact) mass is 431 g/mol. The van der Waals surface area contributed by atoms with Crippen molar-refractivity contribution in [1.82, 2.24) is 14.7 Å². The Morgan fingerprint density at radius 3 is 2.40 bits per heavy atom. The summed E-state index contributed by atoms with van der Waals surface area (Å²) < 4.78 is 5.36. The number of piperazine rings is 1. The van der Waals surface area contributed by atoms with E-state index in [1.54, 1.807) is 11.3 Å². The molecular formula is C23H33N3O3S. The number of nitrogens with zero attached hydrogens (tertiary/aromatic N) is 3. The Hall–Kier alpha value is -1.44. The topological polar surface area (TPSA) is 53.1 Å². The summed E-state index contributed by atoms with van der Waals surface area (Å²) in [5, 5.41) is 0. The Balaban J connectivity index is 1.18. The van der Waals surface area contributed by atoms with Gasteiger partial charge in [0.15, 0.2) is 0 Å². The molecule has 7 heteroatoms. The molecule has 2 aliphatic carbocycles. The minimum Gasteiger partial charge on any atom is -0.378 e. The van der Waals surface area contributed by atoms with Crippen LogP contribution in [-0.4, -0.2) is 85.0 Å². The highest BCUT2D eigenvalue weighted by Crippen LogP contribution is 2.34. The van der Waals surface area contributed by atoms with Gasteiger partial charge in [0.25, 0.3) is 5.91 Å². The van der Waals surface area contributed by atoms with Crippen molar-refractivity contribution in [3.63, 3.8) is 0 Å². The van der Waals surface area contributed by atoms with Gasteiger partial charge in [0.1, 0.15) is 0 Å². The number of hydrogen-bond donors (Lipinski definition) is 0. The van der Waals surface area contributed by atoms with E-state index in [0.29, 0.717) is 32.2 Å². The van der Waals surface area contributed by atoms with Crippen molar-refractivity contribution in [3.05, 3.63) is 21.4 Å². The van der Waals surface area contributed by atoms with Gasteiger partial charge in [-0.3, -0.25) is 14.5 Å². The summed E-state index contributed by atoms with van der Waals surface area (Å²) in [5.41, 5.74) is 1.23. The first-order valence-corrected chi connectivity index (χ1v) is 12.5. The summed E-state index contributed by atoms with van der Waals surface area (Å²) in [6.45, 7) is 6.43. The van der Waals surface area contributed by atoms with E-state index in [1.807, 2.05) is 4.90 Å². The molecule has 1 unspecified atom stereocenters. The molecule has 2 amide bonds. The third-order valence-electron chi connectivity index (χ3n) is 7.41. The van der Waals surface area contributed by atoms with Crippen molar-refractivity contribution >= 4 is 23.2 Å². The van der Waals surface area contributed by atoms with Crippen LogP contribution in [0.15, 0.2) is 6.07 Å². The molecule has 6 nitrogen and oxygen atoms in total. The molecule has 3 heterocycles. The third kappa shape index (κ3) is 4.16. The summed E-state index contributed by atoms with van der Waals surface area (Å²) in [7, 11) is 0. The highest BCUT2D eigenvalue weighted by molar-refractivity contribution is 7.14. The number of hydrogen-bond acceptors (Lipinski definition) is 5.